The molecule has 0 aromatic heterocycles. The van der Waals surface area contributed by atoms with Crippen molar-refractivity contribution in [2.24, 2.45) is 0 Å². The van der Waals surface area contributed by atoms with Crippen LogP contribution in [-0.2, 0) is 33.2 Å². The van der Waals surface area contributed by atoms with Gasteiger partial charge in [-0.3, -0.25) is 0 Å². The van der Waals surface area contributed by atoms with E-state index in [9.17, 15) is 24.9 Å². The first kappa shape index (κ1) is 37.4. The number of aliphatic hydroxyl groups excluding tert-OH is 3. The number of fused-ring (bicyclic) bond motifs is 1. The molecule has 284 valence electrons. The summed E-state index contributed by atoms with van der Waals surface area (Å²) < 4.78 is 55.1. The SMILES string of the molecule is COc1ccc(O[C@@H]2O[C@@H]3CO[C@H](c4ccccc4)O[C@@H]3[C@H](O[C@@H]3O[C@H](CO)[C@H](O)[C@H](O)[C@H]3OC(=O)c3ccccc3)[C@H]2OC(=O)c2ccccc2)cc1. The number of esters is 2. The minimum absolute atomic E-state index is 0.00946. The fraction of sp³-hybridized carbons (Fsp3) is 0.350. The summed E-state index contributed by atoms with van der Waals surface area (Å²) in [7, 11) is 1.53. The Morgan fingerprint density at radius 2 is 1.24 bits per heavy atom. The molecule has 3 fully saturated rings. The van der Waals surface area contributed by atoms with Crippen LogP contribution in [0.1, 0.15) is 32.6 Å². The Kier molecular flexibility index (Phi) is 11.8. The van der Waals surface area contributed by atoms with Gasteiger partial charge < -0.3 is 58.0 Å². The summed E-state index contributed by atoms with van der Waals surface area (Å²) in [5.74, 6) is -0.672. The molecule has 3 saturated heterocycles. The van der Waals surface area contributed by atoms with Crippen LogP contribution < -0.4 is 9.47 Å². The number of aliphatic hydroxyl groups is 3. The highest BCUT2D eigenvalue weighted by atomic mass is 16.8. The van der Waals surface area contributed by atoms with E-state index in [4.69, 9.17) is 42.6 Å². The van der Waals surface area contributed by atoms with Gasteiger partial charge in [-0.05, 0) is 48.5 Å². The lowest BCUT2D eigenvalue weighted by atomic mass is 9.95. The van der Waals surface area contributed by atoms with Gasteiger partial charge in [-0.2, -0.15) is 0 Å². The first-order valence-electron chi connectivity index (χ1n) is 17.4. The standard InChI is InChI=1S/C40H40O14/c1-46-26-17-19-27(20-18-26)48-40-35(52-37(45)24-13-7-3-8-14-24)34(32-29(50-40)22-47-38(53-32)25-15-9-4-10-16-25)54-39-33(31(43)30(42)28(21-41)49-39)51-36(44)23-11-5-2-6-12-23/h2-20,28-35,38-43H,21-22H2,1H3/t28-,29-,30+,31+,32+,33-,34+,35-,38+,39+,40-/m1/s1. The van der Waals surface area contributed by atoms with Crippen LogP contribution in [0.2, 0.25) is 0 Å². The van der Waals surface area contributed by atoms with Gasteiger partial charge in [-0.15, -0.1) is 0 Å². The van der Waals surface area contributed by atoms with E-state index in [1.54, 1.807) is 72.8 Å². The predicted octanol–water partition coefficient (Wildman–Crippen LogP) is 3.19. The fourth-order valence-corrected chi connectivity index (χ4v) is 6.47. The Morgan fingerprint density at radius 1 is 0.667 bits per heavy atom. The molecule has 3 aliphatic rings. The molecule has 54 heavy (non-hydrogen) atoms. The second-order valence-corrected chi connectivity index (χ2v) is 12.8. The molecule has 0 saturated carbocycles. The molecule has 0 bridgehead atoms. The van der Waals surface area contributed by atoms with Crippen LogP contribution in [0.5, 0.6) is 11.5 Å². The Hall–Kier alpha value is -4.90. The smallest absolute Gasteiger partial charge is 0.338 e. The van der Waals surface area contributed by atoms with Gasteiger partial charge in [0.1, 0.15) is 48.1 Å². The minimum Gasteiger partial charge on any atom is -0.497 e. The van der Waals surface area contributed by atoms with Gasteiger partial charge in [0.15, 0.2) is 24.8 Å². The van der Waals surface area contributed by atoms with E-state index >= 15 is 0 Å². The van der Waals surface area contributed by atoms with Gasteiger partial charge in [-0.25, -0.2) is 9.59 Å². The lowest BCUT2D eigenvalue weighted by molar-refractivity contribution is -0.384. The number of hydrogen-bond donors (Lipinski definition) is 3. The van der Waals surface area contributed by atoms with E-state index < -0.39 is 86.2 Å². The van der Waals surface area contributed by atoms with Crippen LogP contribution >= 0.6 is 0 Å². The van der Waals surface area contributed by atoms with E-state index in [0.29, 0.717) is 17.1 Å². The Morgan fingerprint density at radius 3 is 1.83 bits per heavy atom. The second kappa shape index (κ2) is 17.1. The average molecular weight is 745 g/mol. The van der Waals surface area contributed by atoms with E-state index in [1.807, 2.05) is 30.3 Å². The van der Waals surface area contributed by atoms with Crippen LogP contribution in [0.25, 0.3) is 0 Å². The molecule has 0 amide bonds. The molecule has 0 aliphatic carbocycles. The number of benzene rings is 4. The molecule has 7 rings (SSSR count). The van der Waals surface area contributed by atoms with Crippen molar-refractivity contribution in [3.05, 3.63) is 132 Å². The second-order valence-electron chi connectivity index (χ2n) is 12.8. The normalized spacial score (nSPS) is 30.7. The van der Waals surface area contributed by atoms with Crippen molar-refractivity contribution in [1.29, 1.82) is 0 Å². The van der Waals surface area contributed by atoms with Crippen molar-refractivity contribution in [3.8, 4) is 11.5 Å². The van der Waals surface area contributed by atoms with Crippen molar-refractivity contribution in [1.82, 2.24) is 0 Å². The summed E-state index contributed by atoms with van der Waals surface area (Å²) in [4.78, 5) is 27.1. The van der Waals surface area contributed by atoms with Gasteiger partial charge in [0.25, 0.3) is 0 Å². The fourth-order valence-electron chi connectivity index (χ4n) is 6.47. The van der Waals surface area contributed by atoms with Crippen LogP contribution in [0, 0.1) is 0 Å². The van der Waals surface area contributed by atoms with Gasteiger partial charge >= 0.3 is 11.9 Å². The van der Waals surface area contributed by atoms with Crippen molar-refractivity contribution >= 4 is 11.9 Å². The molecule has 0 spiro atoms. The Bertz CT molecular complexity index is 1810. The highest BCUT2D eigenvalue weighted by molar-refractivity contribution is 5.90. The lowest BCUT2D eigenvalue weighted by Crippen LogP contribution is -2.67. The maximum Gasteiger partial charge on any atom is 0.338 e. The maximum atomic E-state index is 13.8. The first-order chi connectivity index (χ1) is 26.3. The maximum absolute atomic E-state index is 13.8. The number of rotatable bonds is 11. The van der Waals surface area contributed by atoms with Gasteiger partial charge in [0.2, 0.25) is 6.29 Å². The van der Waals surface area contributed by atoms with Gasteiger partial charge in [0, 0.05) is 5.56 Å². The van der Waals surface area contributed by atoms with E-state index in [1.165, 1.54) is 19.2 Å². The quantitative estimate of drug-likeness (QED) is 0.191. The van der Waals surface area contributed by atoms with E-state index in [2.05, 4.69) is 0 Å². The van der Waals surface area contributed by atoms with Crippen molar-refractivity contribution in [2.45, 2.75) is 67.7 Å². The molecule has 3 heterocycles. The summed E-state index contributed by atoms with van der Waals surface area (Å²) in [5, 5.41) is 32.3. The molecule has 0 unspecified atom stereocenters. The molecule has 0 radical (unpaired) electrons. The molecule has 3 aliphatic heterocycles. The largest absolute Gasteiger partial charge is 0.497 e. The zero-order chi connectivity index (χ0) is 37.6. The first-order valence-corrected chi connectivity index (χ1v) is 17.4. The monoisotopic (exact) mass is 744 g/mol. The van der Waals surface area contributed by atoms with Crippen molar-refractivity contribution < 1.29 is 67.5 Å². The summed E-state index contributed by atoms with van der Waals surface area (Å²) in [6.45, 7) is -0.724. The predicted molar refractivity (Wildman–Crippen MR) is 186 cm³/mol. The Balaban J connectivity index is 1.27. The third kappa shape index (κ3) is 8.26. The van der Waals surface area contributed by atoms with Crippen molar-refractivity contribution in [2.75, 3.05) is 20.3 Å². The van der Waals surface area contributed by atoms with Crippen molar-refractivity contribution in [3.63, 3.8) is 0 Å². The lowest BCUT2D eigenvalue weighted by Gasteiger charge is -2.50. The molecule has 4 aromatic carbocycles. The van der Waals surface area contributed by atoms with Crippen LogP contribution in [-0.4, -0.2) is 109 Å². The molecular weight excluding hydrogens is 704 g/mol. The zero-order valence-corrected chi connectivity index (χ0v) is 29.1. The van der Waals surface area contributed by atoms with Gasteiger partial charge in [-0.1, -0.05) is 66.7 Å². The number of ether oxygens (including phenoxy) is 9. The summed E-state index contributed by atoms with van der Waals surface area (Å²) in [5.41, 5.74) is 1.07. The highest BCUT2D eigenvalue weighted by Gasteiger charge is 2.57. The summed E-state index contributed by atoms with van der Waals surface area (Å²) in [6, 6.07) is 32.1. The van der Waals surface area contributed by atoms with Crippen LogP contribution in [0.3, 0.4) is 0 Å². The third-order valence-electron chi connectivity index (χ3n) is 9.29. The number of carbonyl (C=O) groups is 2. The van der Waals surface area contributed by atoms with Gasteiger partial charge in [0.05, 0.1) is 31.5 Å². The molecule has 3 N–H and O–H groups in total. The molecular formula is C40H40O14. The summed E-state index contributed by atoms with van der Waals surface area (Å²) in [6.07, 6.45) is -14.9. The topological polar surface area (TPSA) is 178 Å². The Labute approximate surface area is 310 Å². The number of hydrogen-bond acceptors (Lipinski definition) is 14. The molecule has 14 nitrogen and oxygen atoms in total. The number of carbonyl (C=O) groups excluding carboxylic acids is 2. The highest BCUT2D eigenvalue weighted by Crippen LogP contribution is 2.39. The third-order valence-corrected chi connectivity index (χ3v) is 9.29. The average Bonchev–Trinajstić information content (AvgIpc) is 3.22. The summed E-state index contributed by atoms with van der Waals surface area (Å²) >= 11 is 0. The molecule has 11 atom stereocenters. The van der Waals surface area contributed by atoms with Crippen LogP contribution in [0.15, 0.2) is 115 Å². The van der Waals surface area contributed by atoms with E-state index in [0.717, 1.165) is 0 Å². The number of methoxy groups -OCH3 is 1. The zero-order valence-electron chi connectivity index (χ0n) is 29.1. The molecule has 4 aromatic rings. The van der Waals surface area contributed by atoms with E-state index in [-0.39, 0.29) is 17.7 Å². The molecule has 14 heteroatoms. The minimum atomic E-state index is -1.77. The van der Waals surface area contributed by atoms with Crippen LogP contribution in [0.4, 0.5) is 0 Å².